The monoisotopic (exact) mass is 161 g/mol. The van der Waals surface area contributed by atoms with E-state index in [1.807, 2.05) is 32.0 Å². The lowest BCUT2D eigenvalue weighted by Crippen LogP contribution is -2.16. The number of benzene rings is 1. The van der Waals surface area contributed by atoms with E-state index in [0.717, 1.165) is 0 Å². The first-order valence-electron chi connectivity index (χ1n) is 4.23. The van der Waals surface area contributed by atoms with Gasteiger partial charge >= 0.3 is 0 Å². The summed E-state index contributed by atoms with van der Waals surface area (Å²) >= 11 is 0. The van der Waals surface area contributed by atoms with Crippen LogP contribution in [0.15, 0.2) is 36.4 Å². The lowest BCUT2D eigenvalue weighted by molar-refractivity contribution is 0.945. The second kappa shape index (κ2) is 4.07. The molecule has 0 aromatic heterocycles. The van der Waals surface area contributed by atoms with Gasteiger partial charge in [-0.2, -0.15) is 0 Å². The molecule has 2 N–H and O–H groups in total. The lowest BCUT2D eigenvalue weighted by Gasteiger charge is -2.10. The van der Waals surface area contributed by atoms with Crippen LogP contribution in [0.1, 0.15) is 19.4 Å². The van der Waals surface area contributed by atoms with Gasteiger partial charge < -0.3 is 5.73 Å². The Morgan fingerprint density at radius 2 is 1.92 bits per heavy atom. The van der Waals surface area contributed by atoms with Crippen LogP contribution in [0.2, 0.25) is 0 Å². The van der Waals surface area contributed by atoms with Gasteiger partial charge in [-0.3, -0.25) is 0 Å². The molecule has 0 aliphatic heterocycles. The molecular weight excluding hydrogens is 146 g/mol. The summed E-state index contributed by atoms with van der Waals surface area (Å²) in [5.74, 6) is 0. The average molecular weight is 161 g/mol. The van der Waals surface area contributed by atoms with Crippen molar-refractivity contribution in [2.24, 2.45) is 5.73 Å². The first-order chi connectivity index (χ1) is 5.75. The van der Waals surface area contributed by atoms with Crippen molar-refractivity contribution in [1.82, 2.24) is 0 Å². The Hall–Kier alpha value is -1.08. The zero-order chi connectivity index (χ0) is 8.97. The highest BCUT2D eigenvalue weighted by Gasteiger charge is 2.03. The Kier molecular flexibility index (Phi) is 3.06. The van der Waals surface area contributed by atoms with Crippen molar-refractivity contribution in [2.75, 3.05) is 0 Å². The SMILES string of the molecule is CC=C(c1ccccc1)C(C)N. The molecule has 1 aromatic rings. The van der Waals surface area contributed by atoms with E-state index in [9.17, 15) is 0 Å². The Labute approximate surface area is 73.9 Å². The zero-order valence-corrected chi connectivity index (χ0v) is 7.62. The van der Waals surface area contributed by atoms with Gasteiger partial charge in [-0.25, -0.2) is 0 Å². The first kappa shape index (κ1) is 9.01. The van der Waals surface area contributed by atoms with Gasteiger partial charge in [-0.1, -0.05) is 36.4 Å². The summed E-state index contributed by atoms with van der Waals surface area (Å²) in [5.41, 5.74) is 8.23. The molecule has 0 radical (unpaired) electrons. The summed E-state index contributed by atoms with van der Waals surface area (Å²) in [4.78, 5) is 0. The summed E-state index contributed by atoms with van der Waals surface area (Å²) in [6, 6.07) is 10.3. The quantitative estimate of drug-likeness (QED) is 0.708. The molecule has 0 saturated heterocycles. The normalized spacial score (nSPS) is 14.4. The molecule has 0 bridgehead atoms. The molecule has 12 heavy (non-hydrogen) atoms. The second-order valence-corrected chi connectivity index (χ2v) is 2.90. The van der Waals surface area contributed by atoms with Crippen molar-refractivity contribution in [3.05, 3.63) is 42.0 Å². The number of rotatable bonds is 2. The topological polar surface area (TPSA) is 26.0 Å². The number of allylic oxidation sites excluding steroid dienone is 1. The highest BCUT2D eigenvalue weighted by atomic mass is 14.6. The van der Waals surface area contributed by atoms with E-state index in [-0.39, 0.29) is 6.04 Å². The minimum Gasteiger partial charge on any atom is -0.324 e. The van der Waals surface area contributed by atoms with Gasteiger partial charge in [0, 0.05) is 6.04 Å². The largest absolute Gasteiger partial charge is 0.324 e. The molecule has 1 rings (SSSR count). The Balaban J connectivity index is 2.97. The fourth-order valence-electron chi connectivity index (χ4n) is 1.32. The number of nitrogens with two attached hydrogens (primary N) is 1. The van der Waals surface area contributed by atoms with Crippen molar-refractivity contribution in [2.45, 2.75) is 19.9 Å². The Morgan fingerprint density at radius 3 is 2.33 bits per heavy atom. The molecule has 1 atom stereocenters. The number of hydrogen-bond donors (Lipinski definition) is 1. The lowest BCUT2D eigenvalue weighted by atomic mass is 10.0. The molecule has 64 valence electrons. The van der Waals surface area contributed by atoms with Crippen LogP contribution in [0, 0.1) is 0 Å². The molecule has 0 saturated carbocycles. The van der Waals surface area contributed by atoms with E-state index in [1.54, 1.807) is 0 Å². The molecule has 1 unspecified atom stereocenters. The summed E-state index contributed by atoms with van der Waals surface area (Å²) in [5, 5.41) is 0. The summed E-state index contributed by atoms with van der Waals surface area (Å²) in [7, 11) is 0. The van der Waals surface area contributed by atoms with E-state index in [4.69, 9.17) is 5.73 Å². The van der Waals surface area contributed by atoms with Crippen LogP contribution >= 0.6 is 0 Å². The minimum atomic E-state index is 0.109. The van der Waals surface area contributed by atoms with Gasteiger partial charge in [0.25, 0.3) is 0 Å². The molecule has 0 fully saturated rings. The number of hydrogen-bond acceptors (Lipinski definition) is 1. The predicted molar refractivity (Wildman–Crippen MR) is 53.7 cm³/mol. The Bertz CT molecular complexity index is 260. The first-order valence-corrected chi connectivity index (χ1v) is 4.23. The predicted octanol–water partition coefficient (Wildman–Crippen LogP) is 2.44. The summed E-state index contributed by atoms with van der Waals surface area (Å²) in [6.45, 7) is 4.02. The molecular formula is C11H15N. The fourth-order valence-corrected chi connectivity index (χ4v) is 1.32. The van der Waals surface area contributed by atoms with Gasteiger partial charge in [0.15, 0.2) is 0 Å². The van der Waals surface area contributed by atoms with E-state index in [1.165, 1.54) is 11.1 Å². The van der Waals surface area contributed by atoms with E-state index >= 15 is 0 Å². The maximum absolute atomic E-state index is 5.81. The standard InChI is InChI=1S/C11H15N/c1-3-11(9(2)12)10-7-5-4-6-8-10/h3-9H,12H2,1-2H3. The Morgan fingerprint density at radius 1 is 1.33 bits per heavy atom. The molecule has 1 heteroatoms. The maximum Gasteiger partial charge on any atom is 0.0268 e. The van der Waals surface area contributed by atoms with Crippen LogP contribution in [0.3, 0.4) is 0 Å². The highest BCUT2D eigenvalue weighted by molar-refractivity contribution is 5.68. The van der Waals surface area contributed by atoms with Crippen molar-refractivity contribution in [3.63, 3.8) is 0 Å². The smallest absolute Gasteiger partial charge is 0.0268 e. The van der Waals surface area contributed by atoms with Crippen molar-refractivity contribution >= 4 is 5.57 Å². The van der Waals surface area contributed by atoms with Crippen molar-refractivity contribution in [3.8, 4) is 0 Å². The van der Waals surface area contributed by atoms with Crippen LogP contribution in [0.25, 0.3) is 5.57 Å². The van der Waals surface area contributed by atoms with Gasteiger partial charge in [-0.05, 0) is 25.0 Å². The maximum atomic E-state index is 5.81. The third-order valence-corrected chi connectivity index (χ3v) is 1.91. The molecule has 0 aliphatic rings. The van der Waals surface area contributed by atoms with E-state index < -0.39 is 0 Å². The van der Waals surface area contributed by atoms with Crippen LogP contribution < -0.4 is 5.73 Å². The summed E-state index contributed by atoms with van der Waals surface area (Å²) in [6.07, 6.45) is 2.07. The molecule has 0 aliphatic carbocycles. The van der Waals surface area contributed by atoms with E-state index in [2.05, 4.69) is 18.2 Å². The van der Waals surface area contributed by atoms with Crippen LogP contribution in [-0.4, -0.2) is 6.04 Å². The van der Waals surface area contributed by atoms with Crippen LogP contribution in [0.4, 0.5) is 0 Å². The van der Waals surface area contributed by atoms with Gasteiger partial charge in [0.05, 0.1) is 0 Å². The fraction of sp³-hybridized carbons (Fsp3) is 0.273. The van der Waals surface area contributed by atoms with Crippen LogP contribution in [0.5, 0.6) is 0 Å². The third-order valence-electron chi connectivity index (χ3n) is 1.91. The third kappa shape index (κ3) is 1.95. The minimum absolute atomic E-state index is 0.109. The molecule has 0 spiro atoms. The van der Waals surface area contributed by atoms with E-state index in [0.29, 0.717) is 0 Å². The second-order valence-electron chi connectivity index (χ2n) is 2.90. The van der Waals surface area contributed by atoms with Gasteiger partial charge in [0.1, 0.15) is 0 Å². The molecule has 0 amide bonds. The van der Waals surface area contributed by atoms with Crippen molar-refractivity contribution < 1.29 is 0 Å². The average Bonchev–Trinajstić information content (AvgIpc) is 2.07. The summed E-state index contributed by atoms with van der Waals surface area (Å²) < 4.78 is 0. The van der Waals surface area contributed by atoms with Crippen LogP contribution in [-0.2, 0) is 0 Å². The van der Waals surface area contributed by atoms with Gasteiger partial charge in [0.2, 0.25) is 0 Å². The van der Waals surface area contributed by atoms with Gasteiger partial charge in [-0.15, -0.1) is 0 Å². The molecule has 1 nitrogen and oxygen atoms in total. The van der Waals surface area contributed by atoms with Crippen molar-refractivity contribution in [1.29, 1.82) is 0 Å². The molecule has 0 heterocycles. The highest BCUT2D eigenvalue weighted by Crippen LogP contribution is 2.15. The zero-order valence-electron chi connectivity index (χ0n) is 7.62. The molecule has 1 aromatic carbocycles.